The zero-order valence-corrected chi connectivity index (χ0v) is 9.99. The third-order valence-electron chi connectivity index (χ3n) is 2.01. The molecule has 3 nitrogen and oxygen atoms in total. The quantitative estimate of drug-likeness (QED) is 0.762. The maximum atomic E-state index is 12.1. The molecule has 0 heterocycles. The minimum Gasteiger partial charge on any atom is -0.393 e. The van der Waals surface area contributed by atoms with Gasteiger partial charge in [0, 0.05) is 7.05 Å². The summed E-state index contributed by atoms with van der Waals surface area (Å²) in [6.45, 7) is 0.525. The Hall–Kier alpha value is -0.850. The number of rotatable bonds is 5. The van der Waals surface area contributed by atoms with E-state index in [1.54, 1.807) is 0 Å². The lowest BCUT2D eigenvalue weighted by Gasteiger charge is -2.23. The van der Waals surface area contributed by atoms with E-state index < -0.39 is 24.5 Å². The lowest BCUT2D eigenvalue weighted by Crippen LogP contribution is -2.43. The molecule has 0 saturated carbocycles. The van der Waals surface area contributed by atoms with Crippen molar-refractivity contribution in [2.75, 3.05) is 13.6 Å². The molecule has 1 unspecified atom stereocenters. The molecule has 0 aromatic rings. The molecule has 0 fully saturated rings. The summed E-state index contributed by atoms with van der Waals surface area (Å²) < 4.78 is 36.2. The Bertz CT molecular complexity index is 268. The normalized spacial score (nSPS) is 13.3. The van der Waals surface area contributed by atoms with Gasteiger partial charge in [-0.05, 0) is 6.42 Å². The molecule has 1 atom stereocenters. The first kappa shape index (κ1) is 15.2. The average Bonchev–Trinajstić information content (AvgIpc) is 2.09. The van der Waals surface area contributed by atoms with Crippen molar-refractivity contribution >= 4 is 23.1 Å². The molecular formula is C9H15F3N2OS. The van der Waals surface area contributed by atoms with Gasteiger partial charge in [0.25, 0.3) is 0 Å². The first-order valence-corrected chi connectivity index (χ1v) is 5.21. The van der Waals surface area contributed by atoms with Crippen LogP contribution in [0, 0.1) is 5.92 Å². The van der Waals surface area contributed by atoms with E-state index in [9.17, 15) is 18.0 Å². The van der Waals surface area contributed by atoms with Gasteiger partial charge in [0.2, 0.25) is 5.91 Å². The molecule has 16 heavy (non-hydrogen) atoms. The topological polar surface area (TPSA) is 46.3 Å². The SMILES string of the molecule is CCCC(C(=O)N(C)CC(F)(F)F)C(N)=S. The monoisotopic (exact) mass is 256 g/mol. The summed E-state index contributed by atoms with van der Waals surface area (Å²) in [5.41, 5.74) is 5.33. The van der Waals surface area contributed by atoms with Gasteiger partial charge in [0.05, 0.1) is 10.9 Å². The Morgan fingerprint density at radius 2 is 2.00 bits per heavy atom. The third-order valence-corrected chi connectivity index (χ3v) is 2.30. The second-order valence-corrected chi connectivity index (χ2v) is 4.02. The fourth-order valence-corrected chi connectivity index (χ4v) is 1.51. The van der Waals surface area contributed by atoms with Gasteiger partial charge in [-0.25, -0.2) is 0 Å². The molecule has 0 saturated heterocycles. The van der Waals surface area contributed by atoms with Crippen molar-refractivity contribution in [1.29, 1.82) is 0 Å². The van der Waals surface area contributed by atoms with Gasteiger partial charge in [-0.2, -0.15) is 13.2 Å². The van der Waals surface area contributed by atoms with Crippen molar-refractivity contribution in [1.82, 2.24) is 4.90 Å². The lowest BCUT2D eigenvalue weighted by molar-refractivity contribution is -0.159. The van der Waals surface area contributed by atoms with Crippen LogP contribution in [0.4, 0.5) is 13.2 Å². The minimum atomic E-state index is -4.41. The Morgan fingerprint density at radius 3 is 2.31 bits per heavy atom. The smallest absolute Gasteiger partial charge is 0.393 e. The van der Waals surface area contributed by atoms with Crippen molar-refractivity contribution in [2.45, 2.75) is 25.9 Å². The number of carbonyl (C=O) groups is 1. The summed E-state index contributed by atoms with van der Waals surface area (Å²) in [6.07, 6.45) is -3.40. The largest absolute Gasteiger partial charge is 0.406 e. The van der Waals surface area contributed by atoms with Crippen molar-refractivity contribution in [2.24, 2.45) is 11.7 Å². The molecule has 0 spiro atoms. The van der Waals surface area contributed by atoms with Gasteiger partial charge in [0.1, 0.15) is 6.54 Å². The van der Waals surface area contributed by atoms with Gasteiger partial charge in [-0.3, -0.25) is 4.79 Å². The van der Waals surface area contributed by atoms with Gasteiger partial charge < -0.3 is 10.6 Å². The van der Waals surface area contributed by atoms with Gasteiger partial charge in [0.15, 0.2) is 0 Å². The zero-order chi connectivity index (χ0) is 12.9. The number of amides is 1. The van der Waals surface area contributed by atoms with Crippen LogP contribution in [0.25, 0.3) is 0 Å². The van der Waals surface area contributed by atoms with Crippen LogP contribution in [0.3, 0.4) is 0 Å². The van der Waals surface area contributed by atoms with Crippen molar-refractivity contribution in [3.8, 4) is 0 Å². The maximum absolute atomic E-state index is 12.1. The van der Waals surface area contributed by atoms with E-state index in [1.165, 1.54) is 0 Å². The summed E-state index contributed by atoms with van der Waals surface area (Å²) in [6, 6.07) is 0. The summed E-state index contributed by atoms with van der Waals surface area (Å²) in [5.74, 6) is -1.47. The van der Waals surface area contributed by atoms with E-state index in [4.69, 9.17) is 5.73 Å². The second kappa shape index (κ2) is 6.03. The molecule has 0 aliphatic heterocycles. The maximum Gasteiger partial charge on any atom is 0.406 e. The van der Waals surface area contributed by atoms with E-state index in [0.29, 0.717) is 17.7 Å². The third kappa shape index (κ3) is 5.29. The number of nitrogens with two attached hydrogens (primary N) is 1. The number of nitrogens with zero attached hydrogens (tertiary/aromatic N) is 1. The molecule has 7 heteroatoms. The van der Waals surface area contributed by atoms with E-state index in [2.05, 4.69) is 12.2 Å². The van der Waals surface area contributed by atoms with Crippen molar-refractivity contribution in [3.05, 3.63) is 0 Å². The number of alkyl halides is 3. The highest BCUT2D eigenvalue weighted by Gasteiger charge is 2.33. The summed E-state index contributed by atoms with van der Waals surface area (Å²) in [5, 5.41) is 0. The van der Waals surface area contributed by atoms with Crippen LogP contribution in [-0.2, 0) is 4.79 Å². The van der Waals surface area contributed by atoms with E-state index in [0.717, 1.165) is 7.05 Å². The van der Waals surface area contributed by atoms with Gasteiger partial charge in [-0.1, -0.05) is 25.6 Å². The van der Waals surface area contributed by atoms with Crippen molar-refractivity contribution in [3.63, 3.8) is 0 Å². The molecule has 0 aliphatic carbocycles. The Morgan fingerprint density at radius 1 is 1.50 bits per heavy atom. The molecule has 1 amide bonds. The van der Waals surface area contributed by atoms with Gasteiger partial charge >= 0.3 is 6.18 Å². The fourth-order valence-electron chi connectivity index (χ4n) is 1.29. The van der Waals surface area contributed by atoms with Crippen LogP contribution in [-0.4, -0.2) is 35.6 Å². The standard InChI is InChI=1S/C9H15F3N2OS/c1-3-4-6(7(13)16)8(15)14(2)5-9(10,11)12/h6H,3-5H2,1-2H3,(H2,13,16). The fraction of sp³-hybridized carbons (Fsp3) is 0.778. The first-order chi connectivity index (χ1) is 7.19. The van der Waals surface area contributed by atoms with Crippen LogP contribution in [0.1, 0.15) is 19.8 Å². The van der Waals surface area contributed by atoms with Crippen molar-refractivity contribution < 1.29 is 18.0 Å². The highest BCUT2D eigenvalue weighted by molar-refractivity contribution is 7.80. The number of thiocarbonyl (C=S) groups is 1. The predicted molar refractivity (Wildman–Crippen MR) is 58.9 cm³/mol. The Balaban J connectivity index is 4.55. The highest BCUT2D eigenvalue weighted by atomic mass is 32.1. The van der Waals surface area contributed by atoms with Crippen LogP contribution in [0.2, 0.25) is 0 Å². The summed E-state index contributed by atoms with van der Waals surface area (Å²) >= 11 is 4.67. The molecule has 0 aliphatic rings. The molecular weight excluding hydrogens is 241 g/mol. The van der Waals surface area contributed by atoms with Crippen LogP contribution in [0.15, 0.2) is 0 Å². The molecule has 0 aromatic heterocycles. The predicted octanol–water partition coefficient (Wildman–Crippen LogP) is 1.71. The van der Waals surface area contributed by atoms with Gasteiger partial charge in [-0.15, -0.1) is 0 Å². The molecule has 0 bridgehead atoms. The van der Waals surface area contributed by atoms with E-state index in [1.807, 2.05) is 6.92 Å². The Labute approximate surface area is 97.8 Å². The van der Waals surface area contributed by atoms with Crippen LogP contribution >= 0.6 is 12.2 Å². The molecule has 0 radical (unpaired) electrons. The van der Waals surface area contributed by atoms with E-state index >= 15 is 0 Å². The molecule has 2 N–H and O–H groups in total. The van der Waals surface area contributed by atoms with E-state index in [-0.39, 0.29) is 4.99 Å². The number of hydrogen-bond donors (Lipinski definition) is 1. The average molecular weight is 256 g/mol. The molecule has 94 valence electrons. The Kier molecular flexibility index (Phi) is 5.71. The first-order valence-electron chi connectivity index (χ1n) is 4.80. The van der Waals surface area contributed by atoms with Crippen LogP contribution < -0.4 is 5.73 Å². The number of halogens is 3. The summed E-state index contributed by atoms with van der Waals surface area (Å²) in [7, 11) is 1.09. The number of carbonyl (C=O) groups excluding carboxylic acids is 1. The van der Waals surface area contributed by atoms with Crippen LogP contribution in [0.5, 0.6) is 0 Å². The zero-order valence-electron chi connectivity index (χ0n) is 9.17. The summed E-state index contributed by atoms with van der Waals surface area (Å²) in [4.78, 5) is 12.2. The second-order valence-electron chi connectivity index (χ2n) is 3.55. The number of hydrogen-bond acceptors (Lipinski definition) is 2. The lowest BCUT2D eigenvalue weighted by atomic mass is 10.0. The molecule has 0 aromatic carbocycles. The molecule has 0 rings (SSSR count). The highest BCUT2D eigenvalue weighted by Crippen LogP contribution is 2.18. The minimum absolute atomic E-state index is 0.0547.